The third-order valence-corrected chi connectivity index (χ3v) is 4.95. The lowest BCUT2D eigenvalue weighted by atomic mass is 10.2. The van der Waals surface area contributed by atoms with Crippen molar-refractivity contribution in [2.75, 3.05) is 13.2 Å². The average molecular weight is 350 g/mol. The van der Waals surface area contributed by atoms with Crippen molar-refractivity contribution in [2.24, 2.45) is 0 Å². The number of benzene rings is 1. The molecule has 1 aliphatic heterocycles. The minimum Gasteiger partial charge on any atom is -0.493 e. The first-order chi connectivity index (χ1) is 11.2. The van der Waals surface area contributed by atoms with Crippen LogP contribution in [0.3, 0.4) is 0 Å². The standard InChI is InChI=1S/C18H23NO2S2/c1-3-5-11-19-17(20)16(23-18(19)22)13-14-9-7-8-10-15(14)21-12-6-4-2/h7-10,13H,3-6,11-12H2,1-2H3. The summed E-state index contributed by atoms with van der Waals surface area (Å²) in [5, 5.41) is 0. The molecule has 0 aromatic heterocycles. The maximum atomic E-state index is 12.5. The zero-order valence-electron chi connectivity index (χ0n) is 13.7. The van der Waals surface area contributed by atoms with Crippen molar-refractivity contribution in [3.8, 4) is 5.75 Å². The van der Waals surface area contributed by atoms with Crippen LogP contribution in [0.5, 0.6) is 5.75 Å². The Hall–Kier alpha value is -1.33. The molecule has 124 valence electrons. The summed E-state index contributed by atoms with van der Waals surface area (Å²) in [6.45, 7) is 5.64. The van der Waals surface area contributed by atoms with E-state index in [9.17, 15) is 4.79 Å². The zero-order chi connectivity index (χ0) is 16.7. The second-order valence-electron chi connectivity index (χ2n) is 5.43. The van der Waals surface area contributed by atoms with E-state index < -0.39 is 0 Å². The third kappa shape index (κ3) is 4.82. The van der Waals surface area contributed by atoms with E-state index in [0.717, 1.165) is 37.0 Å². The highest BCUT2D eigenvalue weighted by molar-refractivity contribution is 8.26. The molecule has 1 fully saturated rings. The molecular weight excluding hydrogens is 326 g/mol. The summed E-state index contributed by atoms with van der Waals surface area (Å²) in [6, 6.07) is 7.82. The number of thiocarbonyl (C=S) groups is 1. The summed E-state index contributed by atoms with van der Waals surface area (Å²) >= 11 is 6.72. The molecule has 1 saturated heterocycles. The van der Waals surface area contributed by atoms with E-state index in [0.29, 0.717) is 22.4 Å². The largest absolute Gasteiger partial charge is 0.493 e. The Labute approximate surface area is 148 Å². The lowest BCUT2D eigenvalue weighted by molar-refractivity contribution is -0.122. The van der Waals surface area contributed by atoms with Crippen molar-refractivity contribution in [2.45, 2.75) is 39.5 Å². The lowest BCUT2D eigenvalue weighted by Gasteiger charge is -2.13. The van der Waals surface area contributed by atoms with Crippen LogP contribution in [0.15, 0.2) is 29.2 Å². The van der Waals surface area contributed by atoms with Crippen molar-refractivity contribution in [1.82, 2.24) is 4.90 Å². The molecule has 1 amide bonds. The SMILES string of the molecule is CCCCOc1ccccc1C=C1SC(=S)N(CCCC)C1=O. The van der Waals surface area contributed by atoms with Gasteiger partial charge in [-0.15, -0.1) is 0 Å². The number of unbranched alkanes of at least 4 members (excludes halogenated alkanes) is 2. The van der Waals surface area contributed by atoms with Crippen LogP contribution in [0.25, 0.3) is 6.08 Å². The number of hydrogen-bond acceptors (Lipinski definition) is 4. The van der Waals surface area contributed by atoms with Gasteiger partial charge in [-0.25, -0.2) is 0 Å². The first-order valence-corrected chi connectivity index (χ1v) is 9.37. The number of ether oxygens (including phenoxy) is 1. The fourth-order valence-corrected chi connectivity index (χ4v) is 3.51. The number of para-hydroxylation sites is 1. The number of nitrogens with zero attached hydrogens (tertiary/aromatic N) is 1. The molecule has 0 atom stereocenters. The molecule has 0 saturated carbocycles. The minimum atomic E-state index is 0.0109. The number of carbonyl (C=O) groups is 1. The third-order valence-electron chi connectivity index (χ3n) is 3.57. The first kappa shape index (κ1) is 18.0. The van der Waals surface area contributed by atoms with E-state index in [4.69, 9.17) is 17.0 Å². The van der Waals surface area contributed by atoms with Gasteiger partial charge in [0.15, 0.2) is 0 Å². The molecule has 5 heteroatoms. The Morgan fingerprint density at radius 3 is 2.70 bits per heavy atom. The fourth-order valence-electron chi connectivity index (χ4n) is 2.21. The van der Waals surface area contributed by atoms with Crippen LogP contribution in [0.1, 0.15) is 45.1 Å². The van der Waals surface area contributed by atoms with Gasteiger partial charge in [0.2, 0.25) is 0 Å². The smallest absolute Gasteiger partial charge is 0.266 e. The topological polar surface area (TPSA) is 29.5 Å². The lowest BCUT2D eigenvalue weighted by Crippen LogP contribution is -2.28. The molecule has 1 aromatic carbocycles. The summed E-state index contributed by atoms with van der Waals surface area (Å²) in [6.07, 6.45) is 6.03. The van der Waals surface area contributed by atoms with Gasteiger partial charge < -0.3 is 4.74 Å². The molecule has 0 N–H and O–H groups in total. The van der Waals surface area contributed by atoms with Crippen LogP contribution in [-0.2, 0) is 4.79 Å². The highest BCUT2D eigenvalue weighted by Crippen LogP contribution is 2.34. The number of amides is 1. The van der Waals surface area contributed by atoms with Crippen molar-refractivity contribution < 1.29 is 9.53 Å². The summed E-state index contributed by atoms with van der Waals surface area (Å²) in [7, 11) is 0. The number of thioether (sulfide) groups is 1. The van der Waals surface area contributed by atoms with Crippen LogP contribution in [0, 0.1) is 0 Å². The first-order valence-electron chi connectivity index (χ1n) is 8.14. The zero-order valence-corrected chi connectivity index (χ0v) is 15.3. The Bertz CT molecular complexity index is 598. The van der Waals surface area contributed by atoms with Crippen LogP contribution >= 0.6 is 24.0 Å². The molecule has 2 rings (SSSR count). The minimum absolute atomic E-state index is 0.0109. The van der Waals surface area contributed by atoms with E-state index in [-0.39, 0.29) is 5.91 Å². The van der Waals surface area contributed by atoms with Gasteiger partial charge in [-0.05, 0) is 25.0 Å². The van der Waals surface area contributed by atoms with Crippen LogP contribution in [-0.4, -0.2) is 28.3 Å². The molecule has 1 aromatic rings. The van der Waals surface area contributed by atoms with E-state index in [1.807, 2.05) is 30.3 Å². The fraction of sp³-hybridized carbons (Fsp3) is 0.444. The van der Waals surface area contributed by atoms with E-state index >= 15 is 0 Å². The number of rotatable bonds is 8. The van der Waals surface area contributed by atoms with Crippen LogP contribution < -0.4 is 4.74 Å². The molecule has 0 radical (unpaired) electrons. The maximum Gasteiger partial charge on any atom is 0.266 e. The number of hydrogen-bond donors (Lipinski definition) is 0. The van der Waals surface area contributed by atoms with Gasteiger partial charge in [-0.3, -0.25) is 9.69 Å². The Morgan fingerprint density at radius 1 is 1.22 bits per heavy atom. The van der Waals surface area contributed by atoms with Crippen molar-refractivity contribution in [3.63, 3.8) is 0 Å². The van der Waals surface area contributed by atoms with Crippen molar-refractivity contribution in [3.05, 3.63) is 34.7 Å². The normalized spacial score (nSPS) is 16.4. The van der Waals surface area contributed by atoms with Gasteiger partial charge in [0, 0.05) is 12.1 Å². The van der Waals surface area contributed by atoms with Gasteiger partial charge in [-0.1, -0.05) is 68.9 Å². The molecule has 0 bridgehead atoms. The highest BCUT2D eigenvalue weighted by atomic mass is 32.2. The molecule has 23 heavy (non-hydrogen) atoms. The molecule has 0 unspecified atom stereocenters. The maximum absolute atomic E-state index is 12.5. The number of carbonyl (C=O) groups excluding carboxylic acids is 1. The quantitative estimate of drug-likeness (QED) is 0.380. The second kappa shape index (κ2) is 9.08. The van der Waals surface area contributed by atoms with Crippen LogP contribution in [0.4, 0.5) is 0 Å². The summed E-state index contributed by atoms with van der Waals surface area (Å²) in [5.74, 6) is 0.830. The summed E-state index contributed by atoms with van der Waals surface area (Å²) < 4.78 is 6.48. The van der Waals surface area contributed by atoms with Crippen molar-refractivity contribution in [1.29, 1.82) is 0 Å². The monoisotopic (exact) mass is 349 g/mol. The predicted molar refractivity (Wildman–Crippen MR) is 102 cm³/mol. The molecule has 0 aliphatic carbocycles. The van der Waals surface area contributed by atoms with Gasteiger partial charge in [0.25, 0.3) is 5.91 Å². The van der Waals surface area contributed by atoms with Gasteiger partial charge in [0.1, 0.15) is 10.1 Å². The second-order valence-corrected chi connectivity index (χ2v) is 7.10. The molecule has 0 spiro atoms. The Kier molecular flexibility index (Phi) is 7.12. The van der Waals surface area contributed by atoms with Gasteiger partial charge in [-0.2, -0.15) is 0 Å². The summed E-state index contributed by atoms with van der Waals surface area (Å²) in [5.41, 5.74) is 0.930. The predicted octanol–water partition coefficient (Wildman–Crippen LogP) is 4.87. The van der Waals surface area contributed by atoms with E-state index in [1.54, 1.807) is 4.90 Å². The average Bonchev–Trinajstić information content (AvgIpc) is 2.81. The Balaban J connectivity index is 2.15. The molecule has 1 heterocycles. The van der Waals surface area contributed by atoms with Crippen LogP contribution in [0.2, 0.25) is 0 Å². The highest BCUT2D eigenvalue weighted by Gasteiger charge is 2.31. The van der Waals surface area contributed by atoms with Gasteiger partial charge in [0.05, 0.1) is 11.5 Å². The summed E-state index contributed by atoms with van der Waals surface area (Å²) in [4.78, 5) is 14.9. The van der Waals surface area contributed by atoms with Gasteiger partial charge >= 0.3 is 0 Å². The van der Waals surface area contributed by atoms with E-state index in [1.165, 1.54) is 11.8 Å². The molecular formula is C18H23NO2S2. The Morgan fingerprint density at radius 2 is 1.96 bits per heavy atom. The van der Waals surface area contributed by atoms with Crippen molar-refractivity contribution >= 4 is 40.3 Å². The molecule has 3 nitrogen and oxygen atoms in total. The van der Waals surface area contributed by atoms with E-state index in [2.05, 4.69) is 13.8 Å². The molecule has 1 aliphatic rings.